The van der Waals surface area contributed by atoms with Gasteiger partial charge in [0, 0.05) is 11.8 Å². The van der Waals surface area contributed by atoms with E-state index < -0.39 is 5.79 Å². The zero-order chi connectivity index (χ0) is 13.1. The lowest BCUT2D eigenvalue weighted by Crippen LogP contribution is -2.34. The Morgan fingerprint density at radius 1 is 1.25 bits per heavy atom. The predicted molar refractivity (Wildman–Crippen MR) is 76.7 cm³/mol. The maximum absolute atomic E-state index is 5.93. The average molecular weight is 296 g/mol. The SMILES string of the molecule is CCc1ccccc1C1(Cn2ccnn2)OCCO1.Cl. The number of aryl methyl sites for hydroxylation is 1. The molecule has 20 heavy (non-hydrogen) atoms. The van der Waals surface area contributed by atoms with Gasteiger partial charge in [-0.2, -0.15) is 0 Å². The summed E-state index contributed by atoms with van der Waals surface area (Å²) >= 11 is 0. The molecule has 3 rings (SSSR count). The minimum Gasteiger partial charge on any atom is -0.342 e. The molecule has 0 saturated carbocycles. The van der Waals surface area contributed by atoms with Crippen molar-refractivity contribution in [2.45, 2.75) is 25.7 Å². The summed E-state index contributed by atoms with van der Waals surface area (Å²) in [6.45, 7) is 3.86. The molecule has 1 aromatic heterocycles. The Hall–Kier alpha value is -1.43. The van der Waals surface area contributed by atoms with Crippen molar-refractivity contribution in [2.24, 2.45) is 0 Å². The minimum absolute atomic E-state index is 0. The number of benzene rings is 1. The molecule has 0 spiro atoms. The summed E-state index contributed by atoms with van der Waals surface area (Å²) in [7, 11) is 0. The highest BCUT2D eigenvalue weighted by Gasteiger charge is 2.40. The molecule has 0 N–H and O–H groups in total. The van der Waals surface area contributed by atoms with E-state index in [0.717, 1.165) is 12.0 Å². The van der Waals surface area contributed by atoms with Crippen LogP contribution in [0.25, 0.3) is 0 Å². The summed E-state index contributed by atoms with van der Waals surface area (Å²) in [5.41, 5.74) is 2.33. The monoisotopic (exact) mass is 295 g/mol. The highest BCUT2D eigenvalue weighted by atomic mass is 35.5. The van der Waals surface area contributed by atoms with Gasteiger partial charge in [-0.1, -0.05) is 36.4 Å². The van der Waals surface area contributed by atoms with Crippen molar-refractivity contribution >= 4 is 12.4 Å². The van der Waals surface area contributed by atoms with Crippen LogP contribution in [0.15, 0.2) is 36.7 Å². The second-order valence-corrected chi connectivity index (χ2v) is 4.56. The molecule has 1 aromatic carbocycles. The van der Waals surface area contributed by atoms with Crippen molar-refractivity contribution in [3.63, 3.8) is 0 Å². The van der Waals surface area contributed by atoms with E-state index in [9.17, 15) is 0 Å². The molecular formula is C14H18ClN3O2. The summed E-state index contributed by atoms with van der Waals surface area (Å²) in [5.74, 6) is -0.736. The van der Waals surface area contributed by atoms with Crippen LogP contribution in [-0.4, -0.2) is 28.2 Å². The second-order valence-electron chi connectivity index (χ2n) is 4.56. The molecule has 1 fully saturated rings. The van der Waals surface area contributed by atoms with Gasteiger partial charge in [-0.25, -0.2) is 4.68 Å². The summed E-state index contributed by atoms with van der Waals surface area (Å²) in [4.78, 5) is 0. The van der Waals surface area contributed by atoms with Gasteiger partial charge in [-0.15, -0.1) is 17.5 Å². The Labute approximate surface area is 124 Å². The number of hydrogen-bond donors (Lipinski definition) is 0. The number of nitrogens with zero attached hydrogens (tertiary/aromatic N) is 3. The van der Waals surface area contributed by atoms with Crippen molar-refractivity contribution in [1.29, 1.82) is 0 Å². The van der Waals surface area contributed by atoms with Gasteiger partial charge in [0.2, 0.25) is 5.79 Å². The minimum atomic E-state index is -0.736. The molecule has 2 heterocycles. The molecular weight excluding hydrogens is 278 g/mol. The van der Waals surface area contributed by atoms with Crippen molar-refractivity contribution in [3.05, 3.63) is 47.8 Å². The maximum atomic E-state index is 5.93. The Morgan fingerprint density at radius 2 is 2.00 bits per heavy atom. The lowest BCUT2D eigenvalue weighted by atomic mass is 9.97. The number of rotatable bonds is 4. The Bertz CT molecular complexity index is 539. The summed E-state index contributed by atoms with van der Waals surface area (Å²) < 4.78 is 13.6. The van der Waals surface area contributed by atoms with Gasteiger partial charge in [0.25, 0.3) is 0 Å². The molecule has 2 aromatic rings. The van der Waals surface area contributed by atoms with Gasteiger partial charge in [-0.05, 0) is 12.0 Å². The van der Waals surface area contributed by atoms with Crippen LogP contribution in [0, 0.1) is 0 Å². The lowest BCUT2D eigenvalue weighted by molar-refractivity contribution is -0.178. The van der Waals surface area contributed by atoms with Gasteiger partial charge in [-0.3, -0.25) is 0 Å². The quantitative estimate of drug-likeness (QED) is 0.867. The number of ether oxygens (including phenoxy) is 2. The second kappa shape index (κ2) is 6.35. The maximum Gasteiger partial charge on any atom is 0.215 e. The third-order valence-corrected chi connectivity index (χ3v) is 3.40. The first-order valence-electron chi connectivity index (χ1n) is 6.54. The molecule has 108 valence electrons. The molecule has 0 amide bonds. The molecule has 6 heteroatoms. The third kappa shape index (κ3) is 2.70. The molecule has 1 aliphatic heterocycles. The normalized spacial score (nSPS) is 16.9. The van der Waals surface area contributed by atoms with E-state index in [1.165, 1.54) is 5.56 Å². The van der Waals surface area contributed by atoms with Gasteiger partial charge >= 0.3 is 0 Å². The van der Waals surface area contributed by atoms with Crippen molar-refractivity contribution < 1.29 is 9.47 Å². The van der Waals surface area contributed by atoms with Crippen molar-refractivity contribution in [3.8, 4) is 0 Å². The Balaban J connectivity index is 0.00000147. The summed E-state index contributed by atoms with van der Waals surface area (Å²) in [6.07, 6.45) is 4.43. The molecule has 1 aliphatic rings. The van der Waals surface area contributed by atoms with E-state index >= 15 is 0 Å². The molecule has 5 nitrogen and oxygen atoms in total. The van der Waals surface area contributed by atoms with E-state index in [2.05, 4.69) is 29.4 Å². The first kappa shape index (κ1) is 15.0. The summed E-state index contributed by atoms with van der Waals surface area (Å²) in [5, 5.41) is 7.85. The van der Waals surface area contributed by atoms with Crippen LogP contribution in [0.1, 0.15) is 18.1 Å². The van der Waals surface area contributed by atoms with Gasteiger partial charge in [0.15, 0.2) is 0 Å². The molecule has 1 saturated heterocycles. The Kier molecular flexibility index (Phi) is 4.75. The first-order chi connectivity index (χ1) is 9.34. The molecule has 0 bridgehead atoms. The van der Waals surface area contributed by atoms with Crippen LogP contribution in [0.5, 0.6) is 0 Å². The highest BCUT2D eigenvalue weighted by molar-refractivity contribution is 5.85. The van der Waals surface area contributed by atoms with Crippen molar-refractivity contribution in [1.82, 2.24) is 15.0 Å². The Morgan fingerprint density at radius 3 is 2.65 bits per heavy atom. The van der Waals surface area contributed by atoms with Gasteiger partial charge in [0.05, 0.1) is 19.4 Å². The topological polar surface area (TPSA) is 49.2 Å². The number of hydrogen-bond acceptors (Lipinski definition) is 4. The zero-order valence-electron chi connectivity index (χ0n) is 11.4. The smallest absolute Gasteiger partial charge is 0.215 e. The van der Waals surface area contributed by atoms with Crippen LogP contribution in [0.4, 0.5) is 0 Å². The lowest BCUT2D eigenvalue weighted by Gasteiger charge is -2.29. The molecule has 0 radical (unpaired) electrons. The first-order valence-corrected chi connectivity index (χ1v) is 6.54. The van der Waals surface area contributed by atoms with E-state index in [1.54, 1.807) is 10.9 Å². The van der Waals surface area contributed by atoms with Crippen molar-refractivity contribution in [2.75, 3.05) is 13.2 Å². The van der Waals surface area contributed by atoms with E-state index in [0.29, 0.717) is 19.8 Å². The van der Waals surface area contributed by atoms with Crippen LogP contribution < -0.4 is 0 Å². The van der Waals surface area contributed by atoms with Crippen LogP contribution in [0.2, 0.25) is 0 Å². The largest absolute Gasteiger partial charge is 0.342 e. The van der Waals surface area contributed by atoms with Crippen LogP contribution in [-0.2, 0) is 28.2 Å². The van der Waals surface area contributed by atoms with E-state index in [1.807, 2.05) is 18.3 Å². The molecule has 0 aliphatic carbocycles. The standard InChI is InChI=1S/C14H17N3O2.ClH/c1-2-12-5-3-4-6-13(12)14(18-9-10-19-14)11-17-8-7-15-16-17;/h3-8H,2,9-11H2,1H3;1H. The van der Waals surface area contributed by atoms with Crippen LogP contribution in [0.3, 0.4) is 0 Å². The van der Waals surface area contributed by atoms with Gasteiger partial charge in [0.1, 0.15) is 6.54 Å². The molecule has 0 unspecified atom stereocenters. The number of aromatic nitrogens is 3. The van der Waals surface area contributed by atoms with E-state index in [4.69, 9.17) is 9.47 Å². The summed E-state index contributed by atoms with van der Waals surface area (Å²) in [6, 6.07) is 8.24. The molecule has 0 atom stereocenters. The zero-order valence-corrected chi connectivity index (χ0v) is 12.2. The highest BCUT2D eigenvalue weighted by Crippen LogP contribution is 2.35. The fraction of sp³-hybridized carbons (Fsp3) is 0.429. The average Bonchev–Trinajstić information content (AvgIpc) is 3.11. The van der Waals surface area contributed by atoms with Crippen LogP contribution >= 0.6 is 12.4 Å². The third-order valence-electron chi connectivity index (χ3n) is 3.40. The number of halogens is 1. The van der Waals surface area contributed by atoms with E-state index in [-0.39, 0.29) is 12.4 Å². The van der Waals surface area contributed by atoms with Gasteiger partial charge < -0.3 is 9.47 Å². The fourth-order valence-corrected chi connectivity index (χ4v) is 2.52. The fourth-order valence-electron chi connectivity index (χ4n) is 2.52. The predicted octanol–water partition coefficient (Wildman–Crippen LogP) is 2.16.